The topological polar surface area (TPSA) is 67.6 Å². The van der Waals surface area contributed by atoms with E-state index < -0.39 is 0 Å². The van der Waals surface area contributed by atoms with Gasteiger partial charge in [-0.3, -0.25) is 4.68 Å². The standard InChI is InChI=1S/C9H11BrN4/c10-7-6-14(13-8(7)12)9(4-5-11)2-1-3-9/h6H,1-4H2,(H2,12,13). The maximum atomic E-state index is 8.77. The molecule has 1 fully saturated rings. The molecule has 0 aromatic carbocycles. The zero-order valence-electron chi connectivity index (χ0n) is 7.70. The third-order valence-electron chi connectivity index (χ3n) is 2.87. The molecule has 0 atom stereocenters. The van der Waals surface area contributed by atoms with Crippen molar-refractivity contribution >= 4 is 21.7 Å². The molecule has 74 valence electrons. The van der Waals surface area contributed by atoms with E-state index in [1.54, 1.807) is 0 Å². The smallest absolute Gasteiger partial charge is 0.159 e. The second kappa shape index (κ2) is 3.28. The van der Waals surface area contributed by atoms with Crippen molar-refractivity contribution in [2.45, 2.75) is 31.2 Å². The van der Waals surface area contributed by atoms with Gasteiger partial charge in [0.25, 0.3) is 0 Å². The first-order chi connectivity index (χ1) is 6.68. The van der Waals surface area contributed by atoms with E-state index in [1.165, 1.54) is 6.42 Å². The highest BCUT2D eigenvalue weighted by Crippen LogP contribution is 2.42. The molecule has 1 aliphatic carbocycles. The van der Waals surface area contributed by atoms with Gasteiger partial charge in [-0.15, -0.1) is 0 Å². The molecule has 2 N–H and O–H groups in total. The summed E-state index contributed by atoms with van der Waals surface area (Å²) in [5.74, 6) is 0.495. The average Bonchev–Trinajstić information content (AvgIpc) is 2.40. The van der Waals surface area contributed by atoms with Gasteiger partial charge in [0, 0.05) is 6.20 Å². The molecule has 0 aliphatic heterocycles. The van der Waals surface area contributed by atoms with Gasteiger partial charge < -0.3 is 5.73 Å². The number of nitrogens with zero attached hydrogens (tertiary/aromatic N) is 3. The summed E-state index contributed by atoms with van der Waals surface area (Å²) in [6.07, 6.45) is 5.59. The van der Waals surface area contributed by atoms with Crippen LogP contribution >= 0.6 is 15.9 Å². The number of nitrogens with two attached hydrogens (primary N) is 1. The van der Waals surface area contributed by atoms with Gasteiger partial charge in [-0.1, -0.05) is 0 Å². The van der Waals surface area contributed by atoms with Crippen molar-refractivity contribution in [3.63, 3.8) is 0 Å². The summed E-state index contributed by atoms with van der Waals surface area (Å²) in [7, 11) is 0. The number of hydrogen-bond donors (Lipinski definition) is 1. The van der Waals surface area contributed by atoms with E-state index in [2.05, 4.69) is 27.1 Å². The SMILES string of the molecule is N#CCC1(n2cc(Br)c(N)n2)CCC1. The van der Waals surface area contributed by atoms with Gasteiger partial charge in [-0.2, -0.15) is 10.4 Å². The van der Waals surface area contributed by atoms with Crippen molar-refractivity contribution < 1.29 is 0 Å². The van der Waals surface area contributed by atoms with Gasteiger partial charge >= 0.3 is 0 Å². The summed E-state index contributed by atoms with van der Waals surface area (Å²) in [6.45, 7) is 0. The summed E-state index contributed by atoms with van der Waals surface area (Å²) < 4.78 is 2.65. The zero-order valence-corrected chi connectivity index (χ0v) is 9.29. The Kier molecular flexibility index (Phi) is 2.23. The molecule has 0 spiro atoms. The Morgan fingerprint density at radius 1 is 1.71 bits per heavy atom. The largest absolute Gasteiger partial charge is 0.381 e. The minimum atomic E-state index is -0.0884. The minimum absolute atomic E-state index is 0.0884. The summed E-state index contributed by atoms with van der Waals surface area (Å²) in [5, 5.41) is 13.0. The molecule has 0 amide bonds. The van der Waals surface area contributed by atoms with Crippen LogP contribution in [0.1, 0.15) is 25.7 Å². The lowest BCUT2D eigenvalue weighted by Gasteiger charge is -2.40. The molecular weight excluding hydrogens is 244 g/mol. The van der Waals surface area contributed by atoms with Crippen molar-refractivity contribution in [1.29, 1.82) is 5.26 Å². The van der Waals surface area contributed by atoms with E-state index in [0.29, 0.717) is 12.2 Å². The quantitative estimate of drug-likeness (QED) is 0.878. The molecule has 2 rings (SSSR count). The average molecular weight is 255 g/mol. The van der Waals surface area contributed by atoms with Gasteiger partial charge in [0.2, 0.25) is 0 Å². The van der Waals surface area contributed by atoms with Crippen LogP contribution in [0.4, 0.5) is 5.82 Å². The lowest BCUT2D eigenvalue weighted by Crippen LogP contribution is -2.40. The maximum absolute atomic E-state index is 8.77. The Balaban J connectivity index is 2.32. The molecular formula is C9H11BrN4. The first-order valence-corrected chi connectivity index (χ1v) is 5.35. The fraction of sp³-hybridized carbons (Fsp3) is 0.556. The van der Waals surface area contributed by atoms with Gasteiger partial charge in [0.15, 0.2) is 5.82 Å². The van der Waals surface area contributed by atoms with Crippen LogP contribution in [-0.4, -0.2) is 9.78 Å². The Hall–Kier alpha value is -1.02. The second-order valence-corrected chi connectivity index (χ2v) is 4.57. The van der Waals surface area contributed by atoms with Crippen LogP contribution in [-0.2, 0) is 5.54 Å². The van der Waals surface area contributed by atoms with E-state index in [0.717, 1.165) is 17.3 Å². The molecule has 0 bridgehead atoms. The normalized spacial score (nSPS) is 18.6. The van der Waals surface area contributed by atoms with Crippen molar-refractivity contribution in [1.82, 2.24) is 9.78 Å². The third-order valence-corrected chi connectivity index (χ3v) is 3.49. The first-order valence-electron chi connectivity index (χ1n) is 4.56. The molecule has 0 saturated heterocycles. The van der Waals surface area contributed by atoms with Crippen LogP contribution in [0, 0.1) is 11.3 Å². The van der Waals surface area contributed by atoms with Crippen molar-refractivity contribution in [3.8, 4) is 6.07 Å². The number of aromatic nitrogens is 2. The number of hydrogen-bond acceptors (Lipinski definition) is 3. The molecule has 0 radical (unpaired) electrons. The van der Waals surface area contributed by atoms with Crippen LogP contribution in [0.3, 0.4) is 0 Å². The van der Waals surface area contributed by atoms with Gasteiger partial charge in [-0.25, -0.2) is 0 Å². The van der Waals surface area contributed by atoms with Crippen LogP contribution in [0.15, 0.2) is 10.7 Å². The molecule has 1 heterocycles. The zero-order chi connectivity index (χ0) is 10.2. The predicted octanol–water partition coefficient (Wildman–Crippen LogP) is 2.02. The highest BCUT2D eigenvalue weighted by Gasteiger charge is 2.39. The maximum Gasteiger partial charge on any atom is 0.159 e. The number of nitrogen functional groups attached to an aromatic ring is 1. The van der Waals surface area contributed by atoms with Gasteiger partial charge in [-0.05, 0) is 35.2 Å². The molecule has 1 saturated carbocycles. The third kappa shape index (κ3) is 1.30. The summed E-state index contributed by atoms with van der Waals surface area (Å²) >= 11 is 3.32. The number of halogens is 1. The lowest BCUT2D eigenvalue weighted by molar-refractivity contribution is 0.130. The Morgan fingerprint density at radius 3 is 2.79 bits per heavy atom. The first kappa shape index (κ1) is 9.53. The number of nitriles is 1. The molecule has 0 unspecified atom stereocenters. The lowest BCUT2D eigenvalue weighted by atomic mass is 9.75. The van der Waals surface area contributed by atoms with Crippen LogP contribution in [0.2, 0.25) is 0 Å². The van der Waals surface area contributed by atoms with E-state index in [1.807, 2.05) is 10.9 Å². The Bertz CT molecular complexity index is 367. The van der Waals surface area contributed by atoms with Crippen LogP contribution < -0.4 is 5.73 Å². The fourth-order valence-corrected chi connectivity index (χ4v) is 2.10. The van der Waals surface area contributed by atoms with Gasteiger partial charge in [0.1, 0.15) is 0 Å². The van der Waals surface area contributed by atoms with E-state index in [4.69, 9.17) is 11.0 Å². The number of anilines is 1. The Labute approximate surface area is 90.8 Å². The van der Waals surface area contributed by atoms with Crippen LogP contribution in [0.25, 0.3) is 0 Å². The molecule has 1 aromatic heterocycles. The number of rotatable bonds is 2. The van der Waals surface area contributed by atoms with E-state index >= 15 is 0 Å². The molecule has 14 heavy (non-hydrogen) atoms. The summed E-state index contributed by atoms with van der Waals surface area (Å²) in [6, 6.07) is 2.22. The monoisotopic (exact) mass is 254 g/mol. The molecule has 1 aliphatic rings. The van der Waals surface area contributed by atoms with E-state index in [9.17, 15) is 0 Å². The predicted molar refractivity (Wildman–Crippen MR) is 56.4 cm³/mol. The minimum Gasteiger partial charge on any atom is -0.381 e. The fourth-order valence-electron chi connectivity index (χ4n) is 1.83. The highest BCUT2D eigenvalue weighted by molar-refractivity contribution is 9.10. The summed E-state index contributed by atoms with van der Waals surface area (Å²) in [4.78, 5) is 0. The Morgan fingerprint density at radius 2 is 2.43 bits per heavy atom. The van der Waals surface area contributed by atoms with Crippen molar-refractivity contribution in [2.75, 3.05) is 5.73 Å². The molecule has 5 heteroatoms. The second-order valence-electron chi connectivity index (χ2n) is 3.72. The van der Waals surface area contributed by atoms with E-state index in [-0.39, 0.29) is 5.54 Å². The van der Waals surface area contributed by atoms with Crippen molar-refractivity contribution in [3.05, 3.63) is 10.7 Å². The highest BCUT2D eigenvalue weighted by atomic mass is 79.9. The molecule has 1 aromatic rings. The molecule has 4 nitrogen and oxygen atoms in total. The summed E-state index contributed by atoms with van der Waals surface area (Å²) in [5.41, 5.74) is 5.56. The van der Waals surface area contributed by atoms with Crippen LogP contribution in [0.5, 0.6) is 0 Å². The van der Waals surface area contributed by atoms with Gasteiger partial charge in [0.05, 0.1) is 22.5 Å². The van der Waals surface area contributed by atoms with Crippen molar-refractivity contribution in [2.24, 2.45) is 0 Å².